The van der Waals surface area contributed by atoms with E-state index in [0.29, 0.717) is 5.57 Å². The number of hydrogen-bond donors (Lipinski definition) is 9. The molecule has 0 amide bonds. The third-order valence-corrected chi connectivity index (χ3v) is 9.59. The second-order valence-corrected chi connectivity index (χ2v) is 14.0. The van der Waals surface area contributed by atoms with Gasteiger partial charge in [-0.15, -0.1) is 0 Å². The second-order valence-electron chi connectivity index (χ2n) is 14.0. The van der Waals surface area contributed by atoms with Gasteiger partial charge in [-0.3, -0.25) is 9.59 Å². The molecule has 0 radical (unpaired) electrons. The lowest BCUT2D eigenvalue weighted by Crippen LogP contribution is -2.32. The normalized spacial score (nSPS) is 17.6. The van der Waals surface area contributed by atoms with E-state index in [1.165, 1.54) is 36.4 Å². The van der Waals surface area contributed by atoms with Crippen LogP contribution in [0.2, 0.25) is 0 Å². The molecule has 3 atom stereocenters. The van der Waals surface area contributed by atoms with Crippen LogP contribution >= 0.6 is 0 Å². The van der Waals surface area contributed by atoms with Gasteiger partial charge in [-0.25, -0.2) is 0 Å². The maximum atomic E-state index is 14.7. The van der Waals surface area contributed by atoms with Crippen LogP contribution in [-0.2, 0) is 6.42 Å². The Kier molecular flexibility index (Phi) is 9.06. The maximum absolute atomic E-state index is 14.7. The Bertz CT molecular complexity index is 2330. The summed E-state index contributed by atoms with van der Waals surface area (Å²) in [6.07, 6.45) is 1.88. The zero-order chi connectivity index (χ0) is 37.8. The van der Waals surface area contributed by atoms with Crippen LogP contribution in [-0.4, -0.2) is 57.3 Å². The second kappa shape index (κ2) is 13.2. The van der Waals surface area contributed by atoms with Crippen LogP contribution in [0.15, 0.2) is 81.5 Å². The van der Waals surface area contributed by atoms with E-state index in [1.807, 2.05) is 0 Å². The highest BCUT2D eigenvalue weighted by molar-refractivity contribution is 6.02. The Labute approximate surface area is 297 Å². The van der Waals surface area contributed by atoms with Gasteiger partial charge in [0.25, 0.3) is 0 Å². The first-order chi connectivity index (χ1) is 24.4. The number of allylic oxidation sites excluding steroid dienone is 2. The molecule has 5 aromatic rings. The number of fused-ring (bicyclic) bond motifs is 1. The summed E-state index contributed by atoms with van der Waals surface area (Å²) in [4.78, 5) is 29.1. The van der Waals surface area contributed by atoms with Crippen molar-refractivity contribution in [1.82, 2.24) is 0 Å². The predicted molar refractivity (Wildman–Crippen MR) is 190 cm³/mol. The highest BCUT2D eigenvalue weighted by Crippen LogP contribution is 2.53. The molecule has 0 spiro atoms. The highest BCUT2D eigenvalue weighted by atomic mass is 16.3. The molecule has 1 aliphatic rings. The summed E-state index contributed by atoms with van der Waals surface area (Å²) in [5.41, 5.74) is -1.66. The number of phenols is 8. The zero-order valence-electron chi connectivity index (χ0n) is 28.5. The van der Waals surface area contributed by atoms with Crippen molar-refractivity contribution in [2.75, 3.05) is 0 Å². The largest absolute Gasteiger partial charge is 0.508 e. The zero-order valence-corrected chi connectivity index (χ0v) is 28.5. The maximum Gasteiger partial charge on any atom is 0.200 e. The number of benzene rings is 4. The van der Waals surface area contributed by atoms with Gasteiger partial charge >= 0.3 is 0 Å². The molecule has 9 N–H and O–H groups in total. The lowest BCUT2D eigenvalue weighted by Gasteiger charge is -2.37. The van der Waals surface area contributed by atoms with E-state index in [1.54, 1.807) is 26.8 Å². The third kappa shape index (κ3) is 6.56. The van der Waals surface area contributed by atoms with Gasteiger partial charge in [0.1, 0.15) is 62.7 Å². The number of ketones is 1. The number of phenolic OH excluding ortho intramolecular Hbond substituents is 8. The van der Waals surface area contributed by atoms with Crippen molar-refractivity contribution in [3.8, 4) is 57.3 Å². The van der Waals surface area contributed by atoms with E-state index >= 15 is 0 Å². The van der Waals surface area contributed by atoms with Crippen LogP contribution in [0, 0.1) is 5.92 Å². The molecule has 1 heterocycles. The Hall–Kier alpha value is -6.14. The molecule has 0 bridgehead atoms. The molecule has 1 aromatic heterocycles. The first kappa shape index (κ1) is 35.7. The van der Waals surface area contributed by atoms with Crippen LogP contribution in [0.25, 0.3) is 22.3 Å². The number of carbonyl (C=O) groups is 1. The van der Waals surface area contributed by atoms with Crippen molar-refractivity contribution in [1.29, 1.82) is 0 Å². The third-order valence-electron chi connectivity index (χ3n) is 9.59. The Morgan fingerprint density at radius 2 is 1.40 bits per heavy atom. The molecule has 0 aliphatic heterocycles. The quantitative estimate of drug-likeness (QED) is 0.0619. The monoisotopic (exact) mass is 710 g/mol. The molecule has 0 saturated carbocycles. The lowest BCUT2D eigenvalue weighted by molar-refractivity contribution is 0.0713. The minimum Gasteiger partial charge on any atom is -0.508 e. The number of aliphatic hydroxyl groups is 1. The number of aromatic hydroxyl groups is 8. The van der Waals surface area contributed by atoms with Gasteiger partial charge in [-0.1, -0.05) is 17.7 Å². The number of carbonyl (C=O) groups excluding carboxylic acids is 1. The average molecular weight is 711 g/mol. The lowest BCUT2D eigenvalue weighted by atomic mass is 9.65. The van der Waals surface area contributed by atoms with Gasteiger partial charge in [0, 0.05) is 53.1 Å². The highest BCUT2D eigenvalue weighted by Gasteiger charge is 2.44. The van der Waals surface area contributed by atoms with E-state index in [0.717, 1.165) is 24.3 Å². The standard InChI is InChI=1S/C40H38O12/c1-18-12-26(22-7-4-19(41)14-28(22)44)33(36(49)23-8-5-20(42)15-29(23)45)27(13-18)34-31(47)17-32(48)35-37(50)25(10-11-40(2,3)51)38(52-39(34)35)24-9-6-21(43)16-30(24)46/h4-9,13-17,26-27,33,41-48,51H,10-12H2,1-3H3/t26-,27+,33-/m1/s1. The van der Waals surface area contributed by atoms with Crippen molar-refractivity contribution in [3.63, 3.8) is 0 Å². The molecule has 1 aliphatic carbocycles. The SMILES string of the molecule is CC1=C[C@H](c2c(O)cc(O)c3c(=O)c(CCC(C)(C)O)c(-c4ccc(O)cc4O)oc23)[C@H](C(=O)c2ccc(O)cc2O)[C@@H](c2ccc(O)cc2O)C1. The fraction of sp³-hybridized carbons (Fsp3) is 0.250. The van der Waals surface area contributed by atoms with Gasteiger partial charge < -0.3 is 50.4 Å². The number of Topliss-reactive ketones (excluding diaryl/α,β-unsaturated/α-hetero) is 1. The van der Waals surface area contributed by atoms with Crippen LogP contribution < -0.4 is 5.43 Å². The minimum atomic E-state index is -1.24. The molecule has 12 heteroatoms. The van der Waals surface area contributed by atoms with Crippen LogP contribution in [0.3, 0.4) is 0 Å². The van der Waals surface area contributed by atoms with Crippen LogP contribution in [0.5, 0.6) is 46.0 Å². The fourth-order valence-electron chi connectivity index (χ4n) is 7.17. The molecule has 6 rings (SSSR count). The van der Waals surface area contributed by atoms with Crippen LogP contribution in [0.1, 0.15) is 72.5 Å². The van der Waals surface area contributed by atoms with Gasteiger partial charge in [0.2, 0.25) is 0 Å². The molecule has 0 saturated heterocycles. The summed E-state index contributed by atoms with van der Waals surface area (Å²) >= 11 is 0. The smallest absolute Gasteiger partial charge is 0.200 e. The van der Waals surface area contributed by atoms with E-state index in [9.17, 15) is 55.5 Å². The van der Waals surface area contributed by atoms with E-state index in [4.69, 9.17) is 4.42 Å². The summed E-state index contributed by atoms with van der Waals surface area (Å²) < 4.78 is 6.43. The molecule has 4 aromatic carbocycles. The summed E-state index contributed by atoms with van der Waals surface area (Å²) in [5.74, 6) is -7.38. The Morgan fingerprint density at radius 3 is 2.02 bits per heavy atom. The molecular weight excluding hydrogens is 672 g/mol. The molecule has 270 valence electrons. The van der Waals surface area contributed by atoms with Crippen LogP contribution in [0.4, 0.5) is 0 Å². The summed E-state index contributed by atoms with van der Waals surface area (Å²) in [7, 11) is 0. The van der Waals surface area contributed by atoms with E-state index in [-0.39, 0.29) is 86.8 Å². The van der Waals surface area contributed by atoms with Crippen molar-refractivity contribution < 1.29 is 55.2 Å². The topological polar surface area (TPSA) is 229 Å². The molecule has 12 nitrogen and oxygen atoms in total. The minimum absolute atomic E-state index is 0.0137. The summed E-state index contributed by atoms with van der Waals surface area (Å²) in [6.45, 7) is 4.86. The number of rotatable bonds is 8. The first-order valence-electron chi connectivity index (χ1n) is 16.5. The number of hydrogen-bond acceptors (Lipinski definition) is 12. The van der Waals surface area contributed by atoms with E-state index < -0.39 is 57.6 Å². The average Bonchev–Trinajstić information content (AvgIpc) is 3.03. The van der Waals surface area contributed by atoms with Crippen molar-refractivity contribution in [3.05, 3.63) is 105 Å². The van der Waals surface area contributed by atoms with Gasteiger partial charge in [0.15, 0.2) is 11.2 Å². The summed E-state index contributed by atoms with van der Waals surface area (Å²) in [6, 6.07) is 12.0. The molecular formula is C40H38O12. The molecule has 0 fully saturated rings. The molecule has 0 unspecified atom stereocenters. The van der Waals surface area contributed by atoms with Gasteiger partial charge in [0.05, 0.1) is 16.7 Å². The Balaban J connectivity index is 1.69. The van der Waals surface area contributed by atoms with Crippen molar-refractivity contribution in [2.45, 2.75) is 57.5 Å². The first-order valence-corrected chi connectivity index (χ1v) is 16.5. The Morgan fingerprint density at radius 1 is 0.788 bits per heavy atom. The fourth-order valence-corrected chi connectivity index (χ4v) is 7.17. The van der Waals surface area contributed by atoms with E-state index in [2.05, 4.69) is 0 Å². The van der Waals surface area contributed by atoms with Gasteiger partial charge in [-0.05, 0) is 75.9 Å². The van der Waals surface area contributed by atoms with Crippen molar-refractivity contribution >= 4 is 16.8 Å². The van der Waals surface area contributed by atoms with Crippen molar-refractivity contribution in [2.24, 2.45) is 5.92 Å². The predicted octanol–water partition coefficient (Wildman–Crippen LogP) is 6.52. The van der Waals surface area contributed by atoms with Gasteiger partial charge in [-0.2, -0.15) is 0 Å². The summed E-state index contributed by atoms with van der Waals surface area (Å²) in [5, 5.41) is 95.8. The molecule has 52 heavy (non-hydrogen) atoms.